The van der Waals surface area contributed by atoms with Crippen molar-refractivity contribution < 1.29 is 4.79 Å². The van der Waals surface area contributed by atoms with Gasteiger partial charge in [-0.1, -0.05) is 29.8 Å². The van der Waals surface area contributed by atoms with E-state index in [0.717, 1.165) is 23.4 Å². The molecule has 19 heavy (non-hydrogen) atoms. The Morgan fingerprint density at radius 3 is 2.89 bits per heavy atom. The number of carbonyl (C=O) groups is 1. The van der Waals surface area contributed by atoms with Gasteiger partial charge in [-0.25, -0.2) is 9.97 Å². The first-order valence-electron chi connectivity index (χ1n) is 6.12. The van der Waals surface area contributed by atoms with Gasteiger partial charge >= 0.3 is 0 Å². The molecule has 0 fully saturated rings. The highest BCUT2D eigenvalue weighted by molar-refractivity contribution is 5.81. The van der Waals surface area contributed by atoms with Crippen molar-refractivity contribution in [3.63, 3.8) is 0 Å². The summed E-state index contributed by atoms with van der Waals surface area (Å²) in [6, 6.07) is 8.26. The van der Waals surface area contributed by atoms with Gasteiger partial charge < -0.3 is 10.2 Å². The predicted molar refractivity (Wildman–Crippen MR) is 72.9 cm³/mol. The number of anilines is 2. The molecular weight excluding hydrogens is 240 g/mol. The molecule has 5 heteroatoms. The Balaban J connectivity index is 1.90. The van der Waals surface area contributed by atoms with E-state index in [4.69, 9.17) is 0 Å². The number of fused-ring (bicyclic) bond motifs is 1. The Morgan fingerprint density at radius 1 is 1.37 bits per heavy atom. The largest absolute Gasteiger partial charge is 0.355 e. The molecule has 2 aromatic rings. The molecule has 1 aliphatic heterocycles. The SMILES string of the molecule is Cc1ccc(CN2c3ncncc3NC2C=O)cc1. The number of rotatable bonds is 3. The van der Waals surface area contributed by atoms with Crippen molar-refractivity contribution in [3.05, 3.63) is 47.9 Å². The molecule has 1 aromatic carbocycles. The molecule has 0 saturated carbocycles. The lowest BCUT2D eigenvalue weighted by Gasteiger charge is -2.21. The first-order chi connectivity index (χ1) is 9.28. The van der Waals surface area contributed by atoms with E-state index in [0.29, 0.717) is 6.54 Å². The maximum Gasteiger partial charge on any atom is 0.162 e. The van der Waals surface area contributed by atoms with Crippen molar-refractivity contribution in [3.8, 4) is 0 Å². The molecule has 1 unspecified atom stereocenters. The van der Waals surface area contributed by atoms with E-state index in [1.807, 2.05) is 4.90 Å². The number of aromatic nitrogens is 2. The van der Waals surface area contributed by atoms with Gasteiger partial charge in [0.25, 0.3) is 0 Å². The number of hydrogen-bond acceptors (Lipinski definition) is 5. The number of nitrogens with one attached hydrogen (secondary N) is 1. The fourth-order valence-corrected chi connectivity index (χ4v) is 2.19. The quantitative estimate of drug-likeness (QED) is 0.845. The minimum absolute atomic E-state index is 0.381. The van der Waals surface area contributed by atoms with Crippen LogP contribution in [0.5, 0.6) is 0 Å². The minimum atomic E-state index is -0.381. The van der Waals surface area contributed by atoms with Gasteiger partial charge in [-0.2, -0.15) is 0 Å². The van der Waals surface area contributed by atoms with Crippen molar-refractivity contribution in [2.75, 3.05) is 10.2 Å². The minimum Gasteiger partial charge on any atom is -0.355 e. The summed E-state index contributed by atoms with van der Waals surface area (Å²) >= 11 is 0. The summed E-state index contributed by atoms with van der Waals surface area (Å²) in [5.74, 6) is 0.771. The summed E-state index contributed by atoms with van der Waals surface area (Å²) < 4.78 is 0. The average molecular weight is 254 g/mol. The lowest BCUT2D eigenvalue weighted by Crippen LogP contribution is -2.36. The predicted octanol–water partition coefficient (Wildman–Crippen LogP) is 1.74. The molecule has 1 N–H and O–H groups in total. The van der Waals surface area contributed by atoms with E-state index < -0.39 is 0 Å². The van der Waals surface area contributed by atoms with Gasteiger partial charge in [0.05, 0.1) is 11.9 Å². The van der Waals surface area contributed by atoms with E-state index >= 15 is 0 Å². The van der Waals surface area contributed by atoms with Crippen molar-refractivity contribution in [2.24, 2.45) is 0 Å². The molecule has 2 heterocycles. The molecule has 5 nitrogen and oxygen atoms in total. The van der Waals surface area contributed by atoms with Crippen molar-refractivity contribution in [2.45, 2.75) is 19.6 Å². The Hall–Kier alpha value is -2.43. The number of aldehydes is 1. The van der Waals surface area contributed by atoms with Crippen LogP contribution in [0.4, 0.5) is 11.5 Å². The van der Waals surface area contributed by atoms with Crippen molar-refractivity contribution in [1.82, 2.24) is 9.97 Å². The molecule has 1 aliphatic rings. The highest BCUT2D eigenvalue weighted by Gasteiger charge is 2.29. The molecule has 0 bridgehead atoms. The maximum absolute atomic E-state index is 11.2. The van der Waals surface area contributed by atoms with Gasteiger partial charge in [0, 0.05) is 6.54 Å². The molecule has 0 saturated heterocycles. The lowest BCUT2D eigenvalue weighted by molar-refractivity contribution is -0.108. The van der Waals surface area contributed by atoms with Gasteiger partial charge in [0.1, 0.15) is 6.33 Å². The first-order valence-corrected chi connectivity index (χ1v) is 6.12. The van der Waals surface area contributed by atoms with Gasteiger partial charge in [0.15, 0.2) is 18.3 Å². The summed E-state index contributed by atoms with van der Waals surface area (Å²) in [5, 5.41) is 3.10. The van der Waals surface area contributed by atoms with Crippen LogP contribution in [0.3, 0.4) is 0 Å². The van der Waals surface area contributed by atoms with Gasteiger partial charge in [0.2, 0.25) is 0 Å². The van der Waals surface area contributed by atoms with Gasteiger partial charge in [-0.05, 0) is 12.5 Å². The zero-order valence-corrected chi connectivity index (χ0v) is 10.6. The third kappa shape index (κ3) is 2.14. The van der Waals surface area contributed by atoms with Crippen LogP contribution in [-0.2, 0) is 11.3 Å². The third-order valence-electron chi connectivity index (χ3n) is 3.20. The third-order valence-corrected chi connectivity index (χ3v) is 3.20. The summed E-state index contributed by atoms with van der Waals surface area (Å²) in [4.78, 5) is 21.3. The van der Waals surface area contributed by atoms with E-state index in [9.17, 15) is 4.79 Å². The monoisotopic (exact) mass is 254 g/mol. The topological polar surface area (TPSA) is 58.1 Å². The average Bonchev–Trinajstić information content (AvgIpc) is 2.79. The van der Waals surface area contributed by atoms with Crippen LogP contribution in [-0.4, -0.2) is 22.4 Å². The Kier molecular flexibility index (Phi) is 2.87. The van der Waals surface area contributed by atoms with E-state index in [2.05, 4.69) is 46.5 Å². The fraction of sp³-hybridized carbons (Fsp3) is 0.214. The van der Waals surface area contributed by atoms with E-state index in [-0.39, 0.29) is 6.17 Å². The van der Waals surface area contributed by atoms with Crippen LogP contribution in [0.15, 0.2) is 36.8 Å². The Morgan fingerprint density at radius 2 is 2.16 bits per heavy atom. The molecular formula is C14H14N4O. The van der Waals surface area contributed by atoms with E-state index in [1.54, 1.807) is 6.20 Å². The van der Waals surface area contributed by atoms with Crippen LogP contribution in [0.1, 0.15) is 11.1 Å². The van der Waals surface area contributed by atoms with Crippen LogP contribution < -0.4 is 10.2 Å². The van der Waals surface area contributed by atoms with Crippen LogP contribution in [0, 0.1) is 6.92 Å². The molecule has 0 amide bonds. The maximum atomic E-state index is 11.2. The van der Waals surface area contributed by atoms with Gasteiger partial charge in [-0.15, -0.1) is 0 Å². The molecule has 0 radical (unpaired) electrons. The molecule has 0 aliphatic carbocycles. The normalized spacial score (nSPS) is 16.9. The molecule has 0 spiro atoms. The number of aryl methyl sites for hydroxylation is 1. The molecule has 96 valence electrons. The van der Waals surface area contributed by atoms with Crippen LogP contribution in [0.2, 0.25) is 0 Å². The standard InChI is InChI=1S/C14H14N4O/c1-10-2-4-11(5-3-10)7-18-13(8-19)17-12-6-15-9-16-14(12)18/h2-6,8-9,13,17H,7H2,1H3. The summed E-state index contributed by atoms with van der Waals surface area (Å²) in [6.45, 7) is 2.69. The summed E-state index contributed by atoms with van der Waals surface area (Å²) in [7, 11) is 0. The zero-order valence-electron chi connectivity index (χ0n) is 10.6. The highest BCUT2D eigenvalue weighted by atomic mass is 16.1. The second-order valence-electron chi connectivity index (χ2n) is 4.60. The summed E-state index contributed by atoms with van der Waals surface area (Å²) in [5.41, 5.74) is 3.16. The number of nitrogens with zero attached hydrogens (tertiary/aromatic N) is 3. The highest BCUT2D eigenvalue weighted by Crippen LogP contribution is 2.31. The number of carbonyl (C=O) groups excluding carboxylic acids is 1. The Bertz CT molecular complexity index is 597. The second kappa shape index (κ2) is 4.68. The van der Waals surface area contributed by atoms with E-state index in [1.165, 1.54) is 11.9 Å². The summed E-state index contributed by atoms with van der Waals surface area (Å²) in [6.07, 6.45) is 3.69. The first kappa shape index (κ1) is 11.6. The zero-order chi connectivity index (χ0) is 13.2. The van der Waals surface area contributed by atoms with Gasteiger partial charge in [-0.3, -0.25) is 4.79 Å². The fourth-order valence-electron chi connectivity index (χ4n) is 2.19. The molecule has 1 aromatic heterocycles. The van der Waals surface area contributed by atoms with Crippen LogP contribution in [0.25, 0.3) is 0 Å². The smallest absolute Gasteiger partial charge is 0.162 e. The number of hydrogen-bond donors (Lipinski definition) is 1. The second-order valence-corrected chi connectivity index (χ2v) is 4.60. The number of benzene rings is 1. The van der Waals surface area contributed by atoms with Crippen molar-refractivity contribution in [1.29, 1.82) is 0 Å². The van der Waals surface area contributed by atoms with Crippen molar-refractivity contribution >= 4 is 17.8 Å². The van der Waals surface area contributed by atoms with Crippen LogP contribution >= 0.6 is 0 Å². The molecule has 3 rings (SSSR count). The Labute approximate surface area is 111 Å². The molecule has 1 atom stereocenters. The lowest BCUT2D eigenvalue weighted by atomic mass is 10.1.